The van der Waals surface area contributed by atoms with Gasteiger partial charge in [-0.05, 0) is 58.0 Å². The van der Waals surface area contributed by atoms with E-state index in [1.54, 1.807) is 0 Å². The van der Waals surface area contributed by atoms with Gasteiger partial charge in [0.1, 0.15) is 0 Å². The molecule has 3 aromatic heterocycles. The largest absolute Gasteiger partial charge is 0.309 e. The number of hydrogen-bond acceptors (Lipinski definition) is 2. The van der Waals surface area contributed by atoms with Crippen LogP contribution in [0.2, 0.25) is 0 Å². The third-order valence-corrected chi connectivity index (χ3v) is 18.0. The van der Waals surface area contributed by atoms with Gasteiger partial charge in [0, 0.05) is 54.8 Å². The average Bonchev–Trinajstić information content (AvgIpc) is 3.99. The summed E-state index contributed by atoms with van der Waals surface area (Å²) in [7, 11) is -2.97. The van der Waals surface area contributed by atoms with Crippen LogP contribution < -0.4 is 20.7 Å². The molecule has 12 aromatic rings. The summed E-state index contributed by atoms with van der Waals surface area (Å²) in [5, 5.41) is 10.1. The van der Waals surface area contributed by atoms with Crippen molar-refractivity contribution in [3.8, 4) is 45.3 Å². The zero-order valence-electron chi connectivity index (χ0n) is 34.2. The predicted octanol–water partition coefficient (Wildman–Crippen LogP) is 11.4. The van der Waals surface area contributed by atoms with Crippen LogP contribution in [0.3, 0.4) is 0 Å². The minimum absolute atomic E-state index is 0.725. The molecule has 0 bridgehead atoms. The van der Waals surface area contributed by atoms with E-state index in [4.69, 9.17) is 9.97 Å². The van der Waals surface area contributed by atoms with Crippen molar-refractivity contribution in [3.05, 3.63) is 231 Å². The Hall–Kier alpha value is -8.12. The molecule has 13 rings (SSSR count). The van der Waals surface area contributed by atoms with Gasteiger partial charge in [-0.25, -0.2) is 9.97 Å². The zero-order valence-corrected chi connectivity index (χ0v) is 35.2. The number of rotatable bonds is 6. The average molecular weight is 819 g/mol. The highest BCUT2D eigenvalue weighted by molar-refractivity contribution is 7.22. The molecule has 5 heteroatoms. The number of para-hydroxylation sites is 3. The lowest BCUT2D eigenvalue weighted by Crippen LogP contribution is -2.73. The molecular weight excluding hydrogens is 781 g/mol. The van der Waals surface area contributed by atoms with Crippen LogP contribution in [-0.4, -0.2) is 27.2 Å². The van der Waals surface area contributed by atoms with Crippen LogP contribution in [0, 0.1) is 0 Å². The number of fused-ring (bicyclic) bond motifs is 10. The molecule has 4 heterocycles. The Morgan fingerprint density at radius 2 is 0.921 bits per heavy atom. The number of hydrogen-bond donors (Lipinski definition) is 0. The summed E-state index contributed by atoms with van der Waals surface area (Å²) in [6.45, 7) is 0. The second-order valence-electron chi connectivity index (χ2n) is 16.5. The van der Waals surface area contributed by atoms with Gasteiger partial charge in [0.05, 0.1) is 33.5 Å². The first kappa shape index (κ1) is 35.6. The van der Waals surface area contributed by atoms with Crippen LogP contribution >= 0.6 is 0 Å². The third kappa shape index (κ3) is 5.14. The number of aromatic nitrogens is 4. The second-order valence-corrected chi connectivity index (χ2v) is 20.2. The van der Waals surface area contributed by atoms with E-state index < -0.39 is 8.07 Å². The van der Waals surface area contributed by atoms with Gasteiger partial charge in [0.25, 0.3) is 0 Å². The normalized spacial score (nSPS) is 12.9. The minimum atomic E-state index is -2.97. The van der Waals surface area contributed by atoms with Gasteiger partial charge >= 0.3 is 0 Å². The lowest BCUT2D eigenvalue weighted by Gasteiger charge is -2.32. The van der Waals surface area contributed by atoms with Crippen molar-refractivity contribution in [2.45, 2.75) is 0 Å². The van der Waals surface area contributed by atoms with Gasteiger partial charge in [0.15, 0.2) is 13.9 Å². The summed E-state index contributed by atoms with van der Waals surface area (Å²) in [6, 6.07) is 83.8. The van der Waals surface area contributed by atoms with Gasteiger partial charge in [-0.3, -0.25) is 0 Å². The lowest BCUT2D eigenvalue weighted by atomic mass is 10.1. The molecule has 1 aliphatic heterocycles. The Labute approximate surface area is 365 Å². The molecule has 0 radical (unpaired) electrons. The second kappa shape index (κ2) is 14.0. The van der Waals surface area contributed by atoms with Gasteiger partial charge in [-0.2, -0.15) is 0 Å². The molecule has 0 fully saturated rings. The third-order valence-electron chi connectivity index (χ3n) is 13.2. The SMILES string of the molecule is c1ccc(-c2nc(-c3cccc(-n4c5ccccc5c5c4ccc4c6ccccc6n(-c6ccccc6)c45)c3)c3c(n2)-c2ccccc2[Si]3(c2ccccc2)c2ccccc2)cc1. The van der Waals surface area contributed by atoms with Crippen molar-refractivity contribution in [1.82, 2.24) is 19.1 Å². The maximum Gasteiger partial charge on any atom is 0.185 e. The van der Waals surface area contributed by atoms with E-state index in [0.717, 1.165) is 50.7 Å². The Kier molecular flexibility index (Phi) is 7.89. The summed E-state index contributed by atoms with van der Waals surface area (Å²) in [5.74, 6) is 0.725. The predicted molar refractivity (Wildman–Crippen MR) is 264 cm³/mol. The molecule has 63 heavy (non-hydrogen) atoms. The van der Waals surface area contributed by atoms with Crippen molar-refractivity contribution in [2.75, 3.05) is 0 Å². The fourth-order valence-corrected chi connectivity index (χ4v) is 15.9. The maximum absolute atomic E-state index is 5.68. The highest BCUT2D eigenvalue weighted by Gasteiger charge is 2.51. The van der Waals surface area contributed by atoms with Crippen molar-refractivity contribution in [1.29, 1.82) is 0 Å². The van der Waals surface area contributed by atoms with E-state index in [2.05, 4.69) is 240 Å². The van der Waals surface area contributed by atoms with E-state index in [9.17, 15) is 0 Å². The summed E-state index contributed by atoms with van der Waals surface area (Å²) >= 11 is 0. The summed E-state index contributed by atoms with van der Waals surface area (Å²) < 4.78 is 4.90. The molecule has 0 saturated heterocycles. The van der Waals surface area contributed by atoms with E-state index in [1.165, 1.54) is 58.9 Å². The topological polar surface area (TPSA) is 35.6 Å². The lowest BCUT2D eigenvalue weighted by molar-refractivity contribution is 1.17. The smallest absolute Gasteiger partial charge is 0.185 e. The van der Waals surface area contributed by atoms with E-state index >= 15 is 0 Å². The van der Waals surface area contributed by atoms with Crippen LogP contribution in [0.5, 0.6) is 0 Å². The first-order valence-electron chi connectivity index (χ1n) is 21.6. The van der Waals surface area contributed by atoms with Crippen LogP contribution in [-0.2, 0) is 0 Å². The molecule has 4 nitrogen and oxygen atoms in total. The molecule has 0 amide bonds. The standard InChI is InChI=1S/C58H38N4Si/c1-5-20-39(21-6-1)58-59-54(57-55(60-58)48-32-15-18-35-52(48)63(57,43-26-9-3-10-27-43)44-28-11-4-12-29-44)40-22-19-25-42(38-40)61-50-34-17-14-31-47(50)53-51(61)37-36-46-45-30-13-16-33-49(45)62(56(46)53)41-23-7-2-8-24-41/h1-38H. The number of nitrogens with zero attached hydrogens (tertiary/aromatic N) is 4. The van der Waals surface area contributed by atoms with E-state index in [-0.39, 0.29) is 0 Å². The quantitative estimate of drug-likeness (QED) is 0.157. The van der Waals surface area contributed by atoms with Gasteiger partial charge in [-0.15, -0.1) is 0 Å². The highest BCUT2D eigenvalue weighted by Crippen LogP contribution is 2.42. The molecule has 294 valence electrons. The molecular formula is C58H38N4Si. The summed E-state index contributed by atoms with van der Waals surface area (Å²) in [4.78, 5) is 11.2. The van der Waals surface area contributed by atoms with Gasteiger partial charge in [-0.1, -0.05) is 188 Å². The Morgan fingerprint density at radius 3 is 1.65 bits per heavy atom. The first-order chi connectivity index (χ1) is 31.3. The monoisotopic (exact) mass is 818 g/mol. The zero-order chi connectivity index (χ0) is 41.5. The van der Waals surface area contributed by atoms with E-state index in [1.807, 2.05) is 0 Å². The van der Waals surface area contributed by atoms with Crippen molar-refractivity contribution >= 4 is 72.4 Å². The molecule has 9 aromatic carbocycles. The van der Waals surface area contributed by atoms with E-state index in [0.29, 0.717) is 0 Å². The summed E-state index contributed by atoms with van der Waals surface area (Å²) in [5.41, 5.74) is 12.2. The Bertz CT molecular complexity index is 3690. The number of benzene rings is 9. The minimum Gasteiger partial charge on any atom is -0.309 e. The Morgan fingerprint density at radius 1 is 0.365 bits per heavy atom. The molecule has 0 N–H and O–H groups in total. The maximum atomic E-state index is 5.68. The van der Waals surface area contributed by atoms with Gasteiger partial charge < -0.3 is 9.13 Å². The molecule has 0 unspecified atom stereocenters. The molecule has 0 spiro atoms. The highest BCUT2D eigenvalue weighted by atomic mass is 28.3. The molecule has 1 aliphatic rings. The fourth-order valence-electron chi connectivity index (χ4n) is 10.7. The van der Waals surface area contributed by atoms with Crippen molar-refractivity contribution in [3.63, 3.8) is 0 Å². The van der Waals surface area contributed by atoms with Crippen LogP contribution in [0.1, 0.15) is 0 Å². The first-order valence-corrected chi connectivity index (χ1v) is 23.6. The van der Waals surface area contributed by atoms with Crippen molar-refractivity contribution in [2.24, 2.45) is 0 Å². The van der Waals surface area contributed by atoms with Crippen LogP contribution in [0.4, 0.5) is 0 Å². The van der Waals surface area contributed by atoms with Gasteiger partial charge in [0.2, 0.25) is 0 Å². The fraction of sp³-hybridized carbons (Fsp3) is 0. The molecule has 0 saturated carbocycles. The molecule has 0 aliphatic carbocycles. The Balaban J connectivity index is 1.13. The van der Waals surface area contributed by atoms with Crippen LogP contribution in [0.15, 0.2) is 231 Å². The van der Waals surface area contributed by atoms with Crippen molar-refractivity contribution < 1.29 is 0 Å². The van der Waals surface area contributed by atoms with Crippen LogP contribution in [0.25, 0.3) is 88.9 Å². The summed E-state index contributed by atoms with van der Waals surface area (Å²) in [6.07, 6.45) is 0. The molecule has 0 atom stereocenters.